The van der Waals surface area contributed by atoms with Gasteiger partial charge in [-0.3, -0.25) is 4.79 Å². The van der Waals surface area contributed by atoms with Crippen LogP contribution in [-0.2, 0) is 0 Å². The number of hydrogen-bond acceptors (Lipinski definition) is 5. The van der Waals surface area contributed by atoms with Crippen LogP contribution in [0.15, 0.2) is 76.1 Å². The van der Waals surface area contributed by atoms with E-state index in [1.165, 1.54) is 25.3 Å². The Hall–Kier alpha value is -4.00. The van der Waals surface area contributed by atoms with E-state index in [2.05, 4.69) is 15.3 Å². The largest absolute Gasteiger partial charge is 0.493 e. The zero-order valence-corrected chi connectivity index (χ0v) is 16.3. The van der Waals surface area contributed by atoms with Crippen molar-refractivity contribution in [3.8, 4) is 5.75 Å². The smallest absolute Gasteiger partial charge is 0.262 e. The summed E-state index contributed by atoms with van der Waals surface area (Å²) < 4.78 is 24.9. The summed E-state index contributed by atoms with van der Waals surface area (Å²) in [5, 5.41) is 3.42. The van der Waals surface area contributed by atoms with Gasteiger partial charge < -0.3 is 14.5 Å². The molecule has 0 aliphatic heterocycles. The van der Waals surface area contributed by atoms with Crippen molar-refractivity contribution in [2.75, 3.05) is 12.4 Å². The minimum Gasteiger partial charge on any atom is -0.493 e. The molecule has 2 aromatic carbocycles. The molecule has 6 nitrogen and oxygen atoms in total. The lowest BCUT2D eigenvalue weighted by Gasteiger charge is -2.09. The van der Waals surface area contributed by atoms with Crippen LogP contribution in [0.1, 0.15) is 16.1 Å². The summed E-state index contributed by atoms with van der Waals surface area (Å²) in [5.41, 5.74) is 1.73. The molecular weight excluding hydrogens is 385 g/mol. The number of amides is 1. The number of benzene rings is 2. The molecule has 150 valence electrons. The fourth-order valence-corrected chi connectivity index (χ4v) is 2.99. The minimum atomic E-state index is -0.447. The second kappa shape index (κ2) is 8.16. The van der Waals surface area contributed by atoms with E-state index in [0.29, 0.717) is 28.2 Å². The van der Waals surface area contributed by atoms with Gasteiger partial charge in [0.2, 0.25) is 5.55 Å². The highest BCUT2D eigenvalue weighted by molar-refractivity contribution is 6.05. The van der Waals surface area contributed by atoms with Gasteiger partial charge in [0.1, 0.15) is 17.2 Å². The maximum absolute atomic E-state index is 13.6. The van der Waals surface area contributed by atoms with Gasteiger partial charge >= 0.3 is 0 Å². The Kier molecular flexibility index (Phi) is 5.26. The highest BCUT2D eigenvalue weighted by Crippen LogP contribution is 2.25. The first-order chi connectivity index (χ1) is 14.5. The van der Waals surface area contributed by atoms with E-state index in [9.17, 15) is 9.18 Å². The zero-order chi connectivity index (χ0) is 21.1. The second-order valence-corrected chi connectivity index (χ2v) is 6.55. The third-order valence-corrected chi connectivity index (χ3v) is 4.37. The first-order valence-electron chi connectivity index (χ1n) is 9.19. The summed E-state index contributed by atoms with van der Waals surface area (Å²) in [4.78, 5) is 21.7. The number of nitrogens with one attached hydrogen (secondary N) is 1. The summed E-state index contributed by atoms with van der Waals surface area (Å²) in [7, 11) is 1.53. The Morgan fingerprint density at radius 1 is 1.10 bits per heavy atom. The highest BCUT2D eigenvalue weighted by Gasteiger charge is 2.15. The van der Waals surface area contributed by atoms with Gasteiger partial charge in [-0.25, -0.2) is 14.4 Å². The fraction of sp³-hybridized carbons (Fsp3) is 0.0870. The predicted octanol–water partition coefficient (Wildman–Crippen LogP) is 4.77. The first-order valence-corrected chi connectivity index (χ1v) is 9.19. The average Bonchev–Trinajstić information content (AvgIpc) is 2.73. The molecule has 2 aromatic heterocycles. The van der Waals surface area contributed by atoms with Crippen LogP contribution in [0.5, 0.6) is 5.75 Å². The fourth-order valence-electron chi connectivity index (χ4n) is 2.99. The van der Waals surface area contributed by atoms with Crippen molar-refractivity contribution in [2.24, 2.45) is 4.99 Å². The molecule has 0 unspecified atom stereocenters. The van der Waals surface area contributed by atoms with Gasteiger partial charge in [-0.05, 0) is 49.4 Å². The molecule has 30 heavy (non-hydrogen) atoms. The van der Waals surface area contributed by atoms with Crippen molar-refractivity contribution in [3.63, 3.8) is 0 Å². The van der Waals surface area contributed by atoms with Crippen LogP contribution in [0, 0.1) is 12.7 Å². The van der Waals surface area contributed by atoms with Crippen LogP contribution in [-0.4, -0.2) is 18.0 Å². The molecule has 0 saturated heterocycles. The number of rotatable bonds is 4. The standard InChI is InChI=1S/C23H18FN3O3/c1-14-6-3-11-20(25-14)27-22(28)18-12-15-7-4-10-19(29-2)21(15)30-23(18)26-17-9-5-8-16(24)13-17/h3-13H,1-2H3,(H,25,27,28). The molecule has 0 fully saturated rings. The number of fused-ring (bicyclic) bond motifs is 1. The predicted molar refractivity (Wildman–Crippen MR) is 111 cm³/mol. The lowest BCUT2D eigenvalue weighted by Crippen LogP contribution is -2.22. The van der Waals surface area contributed by atoms with Gasteiger partial charge in [0, 0.05) is 11.1 Å². The van der Waals surface area contributed by atoms with E-state index >= 15 is 0 Å². The number of aryl methyl sites for hydroxylation is 1. The van der Waals surface area contributed by atoms with E-state index in [1.54, 1.807) is 42.5 Å². The van der Waals surface area contributed by atoms with Crippen molar-refractivity contribution >= 4 is 28.4 Å². The topological polar surface area (TPSA) is 76.7 Å². The number of carbonyl (C=O) groups excluding carboxylic acids is 1. The van der Waals surface area contributed by atoms with Crippen LogP contribution in [0.2, 0.25) is 0 Å². The van der Waals surface area contributed by atoms with Gasteiger partial charge in [0.05, 0.1) is 12.8 Å². The Balaban J connectivity index is 1.89. The molecule has 0 radical (unpaired) electrons. The maximum atomic E-state index is 13.6. The number of hydrogen-bond donors (Lipinski definition) is 1. The Morgan fingerprint density at radius 2 is 1.90 bits per heavy atom. The molecular formula is C23H18FN3O3. The molecule has 2 heterocycles. The second-order valence-electron chi connectivity index (χ2n) is 6.55. The van der Waals surface area contributed by atoms with Crippen molar-refractivity contribution in [1.82, 2.24) is 4.98 Å². The highest BCUT2D eigenvalue weighted by atomic mass is 19.1. The van der Waals surface area contributed by atoms with Crippen molar-refractivity contribution in [1.29, 1.82) is 0 Å². The summed E-state index contributed by atoms with van der Waals surface area (Å²) >= 11 is 0. The van der Waals surface area contributed by atoms with Crippen molar-refractivity contribution in [3.05, 3.63) is 89.4 Å². The van der Waals surface area contributed by atoms with E-state index < -0.39 is 11.7 Å². The Morgan fingerprint density at radius 3 is 2.67 bits per heavy atom. The number of ether oxygens (including phenoxy) is 1. The Bertz CT molecular complexity index is 1310. The van der Waals surface area contributed by atoms with Crippen LogP contribution in [0.4, 0.5) is 15.9 Å². The lowest BCUT2D eigenvalue weighted by atomic mass is 10.1. The quantitative estimate of drug-likeness (QED) is 0.533. The lowest BCUT2D eigenvalue weighted by molar-refractivity contribution is 0.102. The van der Waals surface area contributed by atoms with Crippen molar-refractivity contribution < 1.29 is 18.3 Å². The SMILES string of the molecule is COc1cccc2cc(C(=O)Nc3cccc(C)n3)c(=Nc3cccc(F)c3)oc12. The van der Waals surface area contributed by atoms with Gasteiger partial charge in [-0.15, -0.1) is 0 Å². The first kappa shape index (κ1) is 19.3. The number of halogens is 1. The summed E-state index contributed by atoms with van der Waals surface area (Å²) in [6.07, 6.45) is 0. The number of para-hydroxylation sites is 1. The monoisotopic (exact) mass is 403 g/mol. The number of carbonyl (C=O) groups is 1. The molecule has 0 bridgehead atoms. The normalized spacial score (nSPS) is 11.5. The summed E-state index contributed by atoms with van der Waals surface area (Å²) in [6.45, 7) is 1.83. The van der Waals surface area contributed by atoms with Crippen LogP contribution in [0.3, 0.4) is 0 Å². The van der Waals surface area contributed by atoms with Gasteiger partial charge in [-0.2, -0.15) is 0 Å². The minimum absolute atomic E-state index is 0.0303. The number of methoxy groups -OCH3 is 1. The molecule has 0 saturated carbocycles. The van der Waals surface area contributed by atoms with Crippen LogP contribution < -0.4 is 15.6 Å². The van der Waals surface area contributed by atoms with Crippen LogP contribution >= 0.6 is 0 Å². The van der Waals surface area contributed by atoms with Gasteiger partial charge in [0.25, 0.3) is 5.91 Å². The number of pyridine rings is 1. The number of nitrogens with zero attached hydrogens (tertiary/aromatic N) is 2. The number of anilines is 1. The molecule has 4 rings (SSSR count). The van der Waals surface area contributed by atoms with E-state index in [1.807, 2.05) is 13.0 Å². The molecule has 1 amide bonds. The molecule has 7 heteroatoms. The molecule has 0 atom stereocenters. The third kappa shape index (κ3) is 4.05. The average molecular weight is 403 g/mol. The Labute approximate surface area is 171 Å². The molecule has 4 aromatic rings. The van der Waals surface area contributed by atoms with Crippen LogP contribution in [0.25, 0.3) is 11.0 Å². The van der Waals surface area contributed by atoms with E-state index in [4.69, 9.17) is 9.15 Å². The number of aromatic nitrogens is 1. The van der Waals surface area contributed by atoms with Crippen molar-refractivity contribution in [2.45, 2.75) is 6.92 Å². The molecule has 0 aliphatic carbocycles. The maximum Gasteiger partial charge on any atom is 0.262 e. The molecule has 1 N–H and O–H groups in total. The molecule has 0 spiro atoms. The summed E-state index contributed by atoms with van der Waals surface area (Å²) in [6, 6.07) is 18.0. The summed E-state index contributed by atoms with van der Waals surface area (Å²) in [5.74, 6) is 0.0132. The van der Waals surface area contributed by atoms with Gasteiger partial charge in [-0.1, -0.05) is 24.3 Å². The molecule has 0 aliphatic rings. The van der Waals surface area contributed by atoms with E-state index in [0.717, 1.165) is 5.69 Å². The zero-order valence-electron chi connectivity index (χ0n) is 16.3. The van der Waals surface area contributed by atoms with Gasteiger partial charge in [0.15, 0.2) is 11.3 Å². The van der Waals surface area contributed by atoms with E-state index in [-0.39, 0.29) is 11.1 Å². The third-order valence-electron chi connectivity index (χ3n) is 4.37.